The van der Waals surface area contributed by atoms with Crippen LogP contribution in [-0.4, -0.2) is 27.4 Å². The molecule has 1 heterocycles. The summed E-state index contributed by atoms with van der Waals surface area (Å²) in [6, 6.07) is 13.8. The van der Waals surface area contributed by atoms with E-state index in [0.29, 0.717) is 5.56 Å². The fraction of sp³-hybridized carbons (Fsp3) is 0.118. The van der Waals surface area contributed by atoms with Crippen LogP contribution in [-0.2, 0) is 11.8 Å². The average molecular weight is 342 g/mol. The van der Waals surface area contributed by atoms with Crippen molar-refractivity contribution in [2.45, 2.75) is 5.16 Å². The number of aryl methyl sites for hydroxylation is 1. The number of rotatable bonds is 5. The van der Waals surface area contributed by atoms with Gasteiger partial charge >= 0.3 is 0 Å². The molecule has 0 bridgehead atoms. The number of fused-ring (bicyclic) bond motifs is 1. The smallest absolute Gasteiger partial charge is 0.250 e. The first-order chi connectivity index (χ1) is 11.6. The molecule has 0 saturated heterocycles. The molecule has 7 heteroatoms. The predicted molar refractivity (Wildman–Crippen MR) is 93.6 cm³/mol. The maximum atomic E-state index is 13.0. The van der Waals surface area contributed by atoms with E-state index in [4.69, 9.17) is 0 Å². The SMILES string of the molecule is Cn1c(SCC(=O)N/N=C\c2cccc(F)c2)nc2ccccc21. The Morgan fingerprint density at radius 2 is 2.17 bits per heavy atom. The van der Waals surface area contributed by atoms with Crippen LogP contribution in [0, 0.1) is 5.82 Å². The van der Waals surface area contributed by atoms with Crippen LogP contribution in [0.5, 0.6) is 0 Å². The summed E-state index contributed by atoms with van der Waals surface area (Å²) in [4.78, 5) is 16.3. The number of hydrazone groups is 1. The number of hydrogen-bond acceptors (Lipinski definition) is 4. The monoisotopic (exact) mass is 342 g/mol. The molecule has 0 spiro atoms. The molecule has 1 aromatic heterocycles. The Labute approximate surface area is 142 Å². The van der Waals surface area contributed by atoms with Crippen molar-refractivity contribution in [3.63, 3.8) is 0 Å². The van der Waals surface area contributed by atoms with Crippen LogP contribution >= 0.6 is 11.8 Å². The van der Waals surface area contributed by atoms with Crippen LogP contribution in [0.15, 0.2) is 58.8 Å². The highest BCUT2D eigenvalue weighted by atomic mass is 32.2. The summed E-state index contributed by atoms with van der Waals surface area (Å²) >= 11 is 1.34. The van der Waals surface area contributed by atoms with E-state index in [2.05, 4.69) is 15.5 Å². The van der Waals surface area contributed by atoms with Gasteiger partial charge in [0, 0.05) is 7.05 Å². The first-order valence-electron chi connectivity index (χ1n) is 7.25. The van der Waals surface area contributed by atoms with Gasteiger partial charge in [0.25, 0.3) is 5.91 Å². The fourth-order valence-corrected chi connectivity index (χ4v) is 2.96. The zero-order valence-electron chi connectivity index (χ0n) is 12.9. The van der Waals surface area contributed by atoms with E-state index < -0.39 is 0 Å². The molecule has 0 unspecified atom stereocenters. The van der Waals surface area contributed by atoms with Gasteiger partial charge in [0.15, 0.2) is 5.16 Å². The number of amides is 1. The average Bonchev–Trinajstić information content (AvgIpc) is 2.90. The lowest BCUT2D eigenvalue weighted by Crippen LogP contribution is -2.19. The second kappa shape index (κ2) is 7.27. The first kappa shape index (κ1) is 16.2. The van der Waals surface area contributed by atoms with Crippen molar-refractivity contribution >= 4 is 34.9 Å². The van der Waals surface area contributed by atoms with Crippen LogP contribution < -0.4 is 5.43 Å². The number of imidazole rings is 1. The standard InChI is InChI=1S/C17H15FN4OS/c1-22-15-8-3-2-7-14(15)20-17(22)24-11-16(23)21-19-10-12-5-4-6-13(18)9-12/h2-10H,11H2,1H3,(H,21,23)/b19-10-. The van der Waals surface area contributed by atoms with Gasteiger partial charge in [0.05, 0.1) is 23.0 Å². The van der Waals surface area contributed by atoms with Crippen LogP contribution in [0.25, 0.3) is 11.0 Å². The number of halogens is 1. The third-order valence-corrected chi connectivity index (χ3v) is 4.36. The molecule has 24 heavy (non-hydrogen) atoms. The number of thioether (sulfide) groups is 1. The highest BCUT2D eigenvalue weighted by Crippen LogP contribution is 2.22. The molecule has 0 aliphatic carbocycles. The zero-order chi connectivity index (χ0) is 16.9. The van der Waals surface area contributed by atoms with Gasteiger partial charge in [-0.2, -0.15) is 5.10 Å². The number of benzene rings is 2. The fourth-order valence-electron chi connectivity index (χ4n) is 2.18. The lowest BCUT2D eigenvalue weighted by atomic mass is 10.2. The largest absolute Gasteiger partial charge is 0.322 e. The van der Waals surface area contributed by atoms with Crippen molar-refractivity contribution in [2.75, 3.05) is 5.75 Å². The zero-order valence-corrected chi connectivity index (χ0v) is 13.8. The van der Waals surface area contributed by atoms with Gasteiger partial charge < -0.3 is 4.57 Å². The molecule has 3 aromatic rings. The number of nitrogens with zero attached hydrogens (tertiary/aromatic N) is 3. The van der Waals surface area contributed by atoms with Gasteiger partial charge in [-0.25, -0.2) is 14.8 Å². The van der Waals surface area contributed by atoms with Gasteiger partial charge in [-0.05, 0) is 29.8 Å². The van der Waals surface area contributed by atoms with E-state index in [0.717, 1.165) is 16.2 Å². The quantitative estimate of drug-likeness (QED) is 0.441. The van der Waals surface area contributed by atoms with Crippen molar-refractivity contribution < 1.29 is 9.18 Å². The molecule has 122 valence electrons. The van der Waals surface area contributed by atoms with Crippen molar-refractivity contribution in [3.05, 3.63) is 59.9 Å². The maximum Gasteiger partial charge on any atom is 0.250 e. The highest BCUT2D eigenvalue weighted by Gasteiger charge is 2.09. The van der Waals surface area contributed by atoms with Gasteiger partial charge in [0.1, 0.15) is 5.82 Å². The van der Waals surface area contributed by atoms with E-state index in [1.54, 1.807) is 12.1 Å². The molecule has 2 aromatic carbocycles. The minimum absolute atomic E-state index is 0.192. The minimum Gasteiger partial charge on any atom is -0.322 e. The van der Waals surface area contributed by atoms with E-state index in [1.807, 2.05) is 35.9 Å². The normalized spacial score (nSPS) is 11.2. The van der Waals surface area contributed by atoms with Crippen molar-refractivity contribution in [2.24, 2.45) is 12.1 Å². The first-order valence-corrected chi connectivity index (χ1v) is 8.24. The van der Waals surface area contributed by atoms with E-state index >= 15 is 0 Å². The second-order valence-corrected chi connectivity index (χ2v) is 6.02. The second-order valence-electron chi connectivity index (χ2n) is 5.08. The Bertz CT molecular complexity index is 906. The summed E-state index contributed by atoms with van der Waals surface area (Å²) in [6.45, 7) is 0. The summed E-state index contributed by atoms with van der Waals surface area (Å²) < 4.78 is 15.0. The molecule has 0 radical (unpaired) electrons. The van der Waals surface area contributed by atoms with Crippen LogP contribution in [0.3, 0.4) is 0 Å². The van der Waals surface area contributed by atoms with Crippen molar-refractivity contribution in [1.82, 2.24) is 15.0 Å². The lowest BCUT2D eigenvalue weighted by Gasteiger charge is -2.01. The summed E-state index contributed by atoms with van der Waals surface area (Å²) in [5.74, 6) is -0.403. The Balaban J connectivity index is 1.56. The Hall–Kier alpha value is -2.67. The van der Waals surface area contributed by atoms with Crippen molar-refractivity contribution in [1.29, 1.82) is 0 Å². The number of carbonyl (C=O) groups excluding carboxylic acids is 1. The molecule has 0 aliphatic heterocycles. The number of hydrogen-bond donors (Lipinski definition) is 1. The molecule has 0 fully saturated rings. The highest BCUT2D eigenvalue weighted by molar-refractivity contribution is 7.99. The number of carbonyl (C=O) groups is 1. The molecular weight excluding hydrogens is 327 g/mol. The predicted octanol–water partition coefficient (Wildman–Crippen LogP) is 2.95. The third kappa shape index (κ3) is 3.80. The molecule has 0 atom stereocenters. The van der Waals surface area contributed by atoms with Crippen LogP contribution in [0.4, 0.5) is 4.39 Å². The van der Waals surface area contributed by atoms with Gasteiger partial charge in [-0.1, -0.05) is 36.0 Å². The molecule has 0 saturated carbocycles. The summed E-state index contributed by atoms with van der Waals surface area (Å²) in [5.41, 5.74) is 4.92. The van der Waals surface area contributed by atoms with Gasteiger partial charge in [0.2, 0.25) is 0 Å². The topological polar surface area (TPSA) is 59.3 Å². The van der Waals surface area contributed by atoms with Crippen molar-refractivity contribution in [3.8, 4) is 0 Å². The molecular formula is C17H15FN4OS. The molecule has 0 aliphatic rings. The summed E-state index contributed by atoms with van der Waals surface area (Å²) in [6.07, 6.45) is 1.40. The van der Waals surface area contributed by atoms with Gasteiger partial charge in [-0.15, -0.1) is 0 Å². The van der Waals surface area contributed by atoms with E-state index in [1.165, 1.54) is 30.1 Å². The van der Waals surface area contributed by atoms with E-state index in [9.17, 15) is 9.18 Å². The number of para-hydroxylation sites is 2. The molecule has 1 N–H and O–H groups in total. The minimum atomic E-state index is -0.345. The summed E-state index contributed by atoms with van der Waals surface area (Å²) in [7, 11) is 1.91. The van der Waals surface area contributed by atoms with Crippen LogP contribution in [0.2, 0.25) is 0 Å². The molecule has 5 nitrogen and oxygen atoms in total. The lowest BCUT2D eigenvalue weighted by molar-refractivity contribution is -0.118. The Kier molecular flexibility index (Phi) is 4.90. The Morgan fingerprint density at radius 1 is 1.33 bits per heavy atom. The molecule has 3 rings (SSSR count). The van der Waals surface area contributed by atoms with E-state index in [-0.39, 0.29) is 17.5 Å². The summed E-state index contributed by atoms with van der Waals surface area (Å²) in [5, 5.41) is 4.59. The van der Waals surface area contributed by atoms with Crippen LogP contribution in [0.1, 0.15) is 5.56 Å². The third-order valence-electron chi connectivity index (χ3n) is 3.33. The number of nitrogens with one attached hydrogen (secondary N) is 1. The maximum absolute atomic E-state index is 13.0. The molecule has 1 amide bonds. The number of aromatic nitrogens is 2. The Morgan fingerprint density at radius 3 is 2.96 bits per heavy atom. The van der Waals surface area contributed by atoms with Gasteiger partial charge in [-0.3, -0.25) is 4.79 Å².